The SMILES string of the molecule is N=C(N)NCCC[C@H](NC(=O)CNC(=O)[C@@H](N)CCC(=O)O)C(=O)O. The molecule has 0 aliphatic heterocycles. The molecule has 0 aromatic heterocycles. The lowest BCUT2D eigenvalue weighted by molar-refractivity contribution is -0.142. The zero-order chi connectivity index (χ0) is 19.4. The van der Waals surface area contributed by atoms with Gasteiger partial charge in [0.05, 0.1) is 12.6 Å². The van der Waals surface area contributed by atoms with Crippen molar-refractivity contribution in [2.75, 3.05) is 13.1 Å². The summed E-state index contributed by atoms with van der Waals surface area (Å²) in [5, 5.41) is 31.5. The van der Waals surface area contributed by atoms with Gasteiger partial charge in [-0.2, -0.15) is 0 Å². The van der Waals surface area contributed by atoms with Gasteiger partial charge in [0.2, 0.25) is 11.8 Å². The minimum absolute atomic E-state index is 0.0797. The first-order valence-electron chi connectivity index (χ1n) is 7.48. The Morgan fingerprint density at radius 2 is 1.72 bits per heavy atom. The lowest BCUT2D eigenvalue weighted by Crippen LogP contribution is -2.48. The molecule has 0 aliphatic carbocycles. The van der Waals surface area contributed by atoms with Crippen LogP contribution >= 0.6 is 0 Å². The molecule has 0 radical (unpaired) electrons. The lowest BCUT2D eigenvalue weighted by Gasteiger charge is -2.16. The van der Waals surface area contributed by atoms with Gasteiger partial charge in [0.25, 0.3) is 0 Å². The van der Waals surface area contributed by atoms with Crippen LogP contribution in [0.25, 0.3) is 0 Å². The predicted octanol–water partition coefficient (Wildman–Crippen LogP) is -2.87. The highest BCUT2D eigenvalue weighted by atomic mass is 16.4. The Morgan fingerprint density at radius 3 is 2.24 bits per heavy atom. The summed E-state index contributed by atoms with van der Waals surface area (Å²) in [6.45, 7) is -0.195. The van der Waals surface area contributed by atoms with E-state index in [2.05, 4.69) is 16.0 Å². The van der Waals surface area contributed by atoms with Crippen molar-refractivity contribution in [1.82, 2.24) is 16.0 Å². The number of nitrogens with one attached hydrogen (secondary N) is 4. The van der Waals surface area contributed by atoms with Crippen LogP contribution in [0, 0.1) is 5.41 Å². The number of carboxylic acid groups (broad SMARTS) is 2. The summed E-state index contributed by atoms with van der Waals surface area (Å²) in [7, 11) is 0. The highest BCUT2D eigenvalue weighted by molar-refractivity contribution is 5.89. The van der Waals surface area contributed by atoms with E-state index in [0.717, 1.165) is 0 Å². The van der Waals surface area contributed by atoms with Crippen LogP contribution in [0.15, 0.2) is 0 Å². The lowest BCUT2D eigenvalue weighted by atomic mass is 10.1. The van der Waals surface area contributed by atoms with Gasteiger partial charge in [-0.3, -0.25) is 19.8 Å². The number of amides is 2. The minimum Gasteiger partial charge on any atom is -0.481 e. The van der Waals surface area contributed by atoms with Gasteiger partial charge >= 0.3 is 11.9 Å². The zero-order valence-electron chi connectivity index (χ0n) is 13.6. The van der Waals surface area contributed by atoms with Gasteiger partial charge in [0.1, 0.15) is 6.04 Å². The molecule has 0 aromatic rings. The standard InChI is InChI=1S/C13H24N6O6/c14-7(3-4-10(21)22)11(23)18-6-9(20)19-8(12(24)25)2-1-5-17-13(15)16/h7-8H,1-6,14H2,(H,18,23)(H,19,20)(H,21,22)(H,24,25)(H4,15,16,17)/t7-,8-/m0/s1. The normalized spacial score (nSPS) is 12.5. The molecule has 0 saturated heterocycles. The molecule has 12 heteroatoms. The molecule has 0 bridgehead atoms. The molecule has 0 heterocycles. The van der Waals surface area contributed by atoms with E-state index in [1.54, 1.807) is 0 Å². The van der Waals surface area contributed by atoms with Crippen molar-refractivity contribution < 1.29 is 29.4 Å². The van der Waals surface area contributed by atoms with Crippen molar-refractivity contribution in [2.45, 2.75) is 37.8 Å². The van der Waals surface area contributed by atoms with Gasteiger partial charge in [0.15, 0.2) is 5.96 Å². The Kier molecular flexibility index (Phi) is 10.3. The topological polar surface area (TPSA) is 221 Å². The third-order valence-electron chi connectivity index (χ3n) is 3.05. The number of nitrogens with two attached hydrogens (primary N) is 2. The fourth-order valence-electron chi connectivity index (χ4n) is 1.74. The second kappa shape index (κ2) is 11.6. The molecule has 10 N–H and O–H groups in total. The molecule has 142 valence electrons. The van der Waals surface area contributed by atoms with E-state index >= 15 is 0 Å². The maximum Gasteiger partial charge on any atom is 0.326 e. The van der Waals surface area contributed by atoms with Gasteiger partial charge in [-0.1, -0.05) is 0 Å². The number of rotatable bonds is 12. The first kappa shape index (κ1) is 22.1. The molecule has 2 atom stereocenters. The quantitative estimate of drug-likeness (QED) is 0.102. The van der Waals surface area contributed by atoms with Crippen molar-refractivity contribution >= 4 is 29.7 Å². The Morgan fingerprint density at radius 1 is 1.08 bits per heavy atom. The fourth-order valence-corrected chi connectivity index (χ4v) is 1.74. The van der Waals surface area contributed by atoms with Gasteiger partial charge in [-0.05, 0) is 19.3 Å². The molecule has 0 unspecified atom stereocenters. The van der Waals surface area contributed by atoms with E-state index in [9.17, 15) is 19.2 Å². The summed E-state index contributed by atoms with van der Waals surface area (Å²) in [5.41, 5.74) is 10.6. The van der Waals surface area contributed by atoms with Crippen LogP contribution in [0.2, 0.25) is 0 Å². The maximum absolute atomic E-state index is 11.7. The van der Waals surface area contributed by atoms with Gasteiger partial charge in [-0.25, -0.2) is 4.79 Å². The first-order chi connectivity index (χ1) is 11.6. The first-order valence-corrected chi connectivity index (χ1v) is 7.48. The summed E-state index contributed by atoms with van der Waals surface area (Å²) in [6.07, 6.45) is 0.0938. The highest BCUT2D eigenvalue weighted by Crippen LogP contribution is 1.97. The van der Waals surface area contributed by atoms with E-state index < -0.39 is 42.4 Å². The largest absolute Gasteiger partial charge is 0.481 e. The molecule has 0 aromatic carbocycles. The van der Waals surface area contributed by atoms with Crippen LogP contribution < -0.4 is 27.4 Å². The molecule has 0 saturated carbocycles. The van der Waals surface area contributed by atoms with E-state index in [4.69, 9.17) is 27.1 Å². The monoisotopic (exact) mass is 360 g/mol. The summed E-state index contributed by atoms with van der Waals surface area (Å²) >= 11 is 0. The van der Waals surface area contributed by atoms with E-state index in [1.807, 2.05) is 0 Å². The number of carboxylic acids is 2. The number of carbonyl (C=O) groups is 4. The number of hydrogen-bond donors (Lipinski definition) is 8. The van der Waals surface area contributed by atoms with E-state index in [0.29, 0.717) is 6.42 Å². The molecule has 0 fully saturated rings. The molecular formula is C13H24N6O6. The van der Waals surface area contributed by atoms with Crippen LogP contribution in [0.1, 0.15) is 25.7 Å². The molecule has 2 amide bonds. The number of aliphatic carboxylic acids is 2. The van der Waals surface area contributed by atoms with Gasteiger partial charge < -0.3 is 37.6 Å². The maximum atomic E-state index is 11.7. The number of hydrogen-bond acceptors (Lipinski definition) is 6. The Bertz CT molecular complexity index is 511. The molecule has 25 heavy (non-hydrogen) atoms. The van der Waals surface area contributed by atoms with Crippen molar-refractivity contribution in [2.24, 2.45) is 11.5 Å². The summed E-state index contributed by atoms with van der Waals surface area (Å²) in [6, 6.07) is -2.23. The summed E-state index contributed by atoms with van der Waals surface area (Å²) in [5.74, 6) is -3.98. The van der Waals surface area contributed by atoms with Crippen molar-refractivity contribution in [3.8, 4) is 0 Å². The molecule has 0 rings (SSSR count). The molecule has 12 nitrogen and oxygen atoms in total. The Hall–Kier alpha value is -2.89. The molecule has 0 aliphatic rings. The predicted molar refractivity (Wildman–Crippen MR) is 86.6 cm³/mol. The second-order valence-corrected chi connectivity index (χ2v) is 5.20. The average Bonchev–Trinajstić information content (AvgIpc) is 2.52. The minimum atomic E-state index is -1.24. The third-order valence-corrected chi connectivity index (χ3v) is 3.05. The highest BCUT2D eigenvalue weighted by Gasteiger charge is 2.20. The van der Waals surface area contributed by atoms with Crippen molar-refractivity contribution in [1.29, 1.82) is 5.41 Å². The number of guanidine groups is 1. The fraction of sp³-hybridized carbons (Fsp3) is 0.615. The van der Waals surface area contributed by atoms with Crippen LogP contribution in [-0.2, 0) is 19.2 Å². The smallest absolute Gasteiger partial charge is 0.326 e. The summed E-state index contributed by atoms with van der Waals surface area (Å²) < 4.78 is 0. The Balaban J connectivity index is 4.21. The van der Waals surface area contributed by atoms with E-state index in [1.165, 1.54) is 0 Å². The van der Waals surface area contributed by atoms with Crippen LogP contribution in [0.5, 0.6) is 0 Å². The van der Waals surface area contributed by atoms with Crippen molar-refractivity contribution in [3.05, 3.63) is 0 Å². The van der Waals surface area contributed by atoms with Crippen LogP contribution in [0.4, 0.5) is 0 Å². The summed E-state index contributed by atoms with van der Waals surface area (Å²) in [4.78, 5) is 44.8. The second-order valence-electron chi connectivity index (χ2n) is 5.20. The number of carbonyl (C=O) groups excluding carboxylic acids is 2. The van der Waals surface area contributed by atoms with Gasteiger partial charge in [-0.15, -0.1) is 0 Å². The van der Waals surface area contributed by atoms with Crippen LogP contribution in [0.3, 0.4) is 0 Å². The van der Waals surface area contributed by atoms with Crippen LogP contribution in [-0.4, -0.2) is 65.1 Å². The zero-order valence-corrected chi connectivity index (χ0v) is 13.6. The molecular weight excluding hydrogens is 336 g/mol. The van der Waals surface area contributed by atoms with E-state index in [-0.39, 0.29) is 31.8 Å². The van der Waals surface area contributed by atoms with Crippen molar-refractivity contribution in [3.63, 3.8) is 0 Å². The molecule has 0 spiro atoms. The third kappa shape index (κ3) is 11.3. The van der Waals surface area contributed by atoms with Gasteiger partial charge in [0, 0.05) is 13.0 Å². The Labute approximate surface area is 143 Å². The average molecular weight is 360 g/mol.